The van der Waals surface area contributed by atoms with Gasteiger partial charge < -0.3 is 15.0 Å². The van der Waals surface area contributed by atoms with Gasteiger partial charge in [0.25, 0.3) is 0 Å². The van der Waals surface area contributed by atoms with Crippen molar-refractivity contribution in [2.45, 2.75) is 13.5 Å². The summed E-state index contributed by atoms with van der Waals surface area (Å²) in [6.07, 6.45) is 0. The quantitative estimate of drug-likeness (QED) is 0.920. The zero-order valence-corrected chi connectivity index (χ0v) is 12.4. The summed E-state index contributed by atoms with van der Waals surface area (Å²) >= 11 is 5.91. The summed E-state index contributed by atoms with van der Waals surface area (Å²) in [6.45, 7) is 2.72. The molecule has 2 aromatic carbocycles. The first-order valence-corrected chi connectivity index (χ1v) is 7.03. The van der Waals surface area contributed by atoms with Gasteiger partial charge in [-0.2, -0.15) is 0 Å². The number of amides is 1. The van der Waals surface area contributed by atoms with Crippen molar-refractivity contribution in [2.24, 2.45) is 0 Å². The monoisotopic (exact) mass is 302 g/mol. The lowest BCUT2D eigenvalue weighted by molar-refractivity contribution is -0.114. The molecule has 0 aromatic heterocycles. The SMILES string of the molecule is CC(=O)Nc1ccc2c(c1)CN(c1ccc(Cl)cc1)CO2. The molecule has 1 aliphatic heterocycles. The largest absolute Gasteiger partial charge is 0.473 e. The van der Waals surface area contributed by atoms with Crippen LogP contribution in [0.15, 0.2) is 42.5 Å². The highest BCUT2D eigenvalue weighted by molar-refractivity contribution is 6.30. The summed E-state index contributed by atoms with van der Waals surface area (Å²) in [5, 5.41) is 3.50. The van der Waals surface area contributed by atoms with Crippen LogP contribution >= 0.6 is 11.6 Å². The van der Waals surface area contributed by atoms with E-state index in [0.29, 0.717) is 11.8 Å². The summed E-state index contributed by atoms with van der Waals surface area (Å²) < 4.78 is 5.76. The van der Waals surface area contributed by atoms with Crippen molar-refractivity contribution in [3.05, 3.63) is 53.1 Å². The first-order chi connectivity index (χ1) is 10.1. The van der Waals surface area contributed by atoms with Crippen molar-refractivity contribution < 1.29 is 9.53 Å². The van der Waals surface area contributed by atoms with E-state index in [9.17, 15) is 4.79 Å². The number of hydrogen-bond donors (Lipinski definition) is 1. The number of carbonyl (C=O) groups is 1. The molecule has 1 N–H and O–H groups in total. The van der Waals surface area contributed by atoms with Crippen molar-refractivity contribution in [3.63, 3.8) is 0 Å². The van der Waals surface area contributed by atoms with Crippen LogP contribution in [0.2, 0.25) is 5.02 Å². The number of rotatable bonds is 2. The van der Waals surface area contributed by atoms with Crippen molar-refractivity contribution >= 4 is 28.9 Å². The maximum absolute atomic E-state index is 11.1. The van der Waals surface area contributed by atoms with E-state index >= 15 is 0 Å². The minimum absolute atomic E-state index is 0.0822. The van der Waals surface area contributed by atoms with Gasteiger partial charge in [-0.1, -0.05) is 11.6 Å². The van der Waals surface area contributed by atoms with Gasteiger partial charge in [-0.3, -0.25) is 4.79 Å². The van der Waals surface area contributed by atoms with E-state index in [4.69, 9.17) is 16.3 Å². The number of anilines is 2. The number of fused-ring (bicyclic) bond motifs is 1. The normalized spacial score (nSPS) is 13.3. The maximum Gasteiger partial charge on any atom is 0.221 e. The highest BCUT2D eigenvalue weighted by Gasteiger charge is 2.18. The van der Waals surface area contributed by atoms with Crippen LogP contribution in [-0.4, -0.2) is 12.6 Å². The molecule has 0 saturated carbocycles. The van der Waals surface area contributed by atoms with Crippen LogP contribution in [0.4, 0.5) is 11.4 Å². The first-order valence-electron chi connectivity index (χ1n) is 6.65. The van der Waals surface area contributed by atoms with Crippen LogP contribution in [0.25, 0.3) is 0 Å². The second kappa shape index (κ2) is 5.66. The first kappa shape index (κ1) is 13.8. The third-order valence-electron chi connectivity index (χ3n) is 3.31. The van der Waals surface area contributed by atoms with Crippen LogP contribution in [-0.2, 0) is 11.3 Å². The predicted octanol–water partition coefficient (Wildman–Crippen LogP) is 3.65. The molecule has 1 amide bonds. The summed E-state index contributed by atoms with van der Waals surface area (Å²) in [5.74, 6) is 0.774. The van der Waals surface area contributed by atoms with Crippen LogP contribution < -0.4 is 15.0 Å². The van der Waals surface area contributed by atoms with Crippen LogP contribution in [0.5, 0.6) is 5.75 Å². The lowest BCUT2D eigenvalue weighted by atomic mass is 10.1. The van der Waals surface area contributed by atoms with Gasteiger partial charge in [0.15, 0.2) is 6.73 Å². The molecule has 21 heavy (non-hydrogen) atoms. The molecule has 3 rings (SSSR count). The topological polar surface area (TPSA) is 41.6 Å². The zero-order chi connectivity index (χ0) is 14.8. The van der Waals surface area contributed by atoms with E-state index in [1.165, 1.54) is 6.92 Å². The van der Waals surface area contributed by atoms with Gasteiger partial charge in [0, 0.05) is 35.4 Å². The average molecular weight is 303 g/mol. The molecule has 2 aromatic rings. The van der Waals surface area contributed by atoms with Crippen LogP contribution in [0, 0.1) is 0 Å². The van der Waals surface area contributed by atoms with Crippen LogP contribution in [0.3, 0.4) is 0 Å². The number of carbonyl (C=O) groups excluding carboxylic acids is 1. The fraction of sp³-hybridized carbons (Fsp3) is 0.188. The third kappa shape index (κ3) is 3.11. The molecule has 108 valence electrons. The molecule has 0 radical (unpaired) electrons. The van der Waals surface area contributed by atoms with Crippen molar-refractivity contribution in [1.82, 2.24) is 0 Å². The van der Waals surface area contributed by atoms with Gasteiger partial charge in [0.05, 0.1) is 0 Å². The number of benzene rings is 2. The molecule has 0 atom stereocenters. The molecular formula is C16H15ClN2O2. The lowest BCUT2D eigenvalue weighted by Crippen LogP contribution is -2.31. The second-order valence-electron chi connectivity index (χ2n) is 4.95. The van der Waals surface area contributed by atoms with E-state index in [0.717, 1.165) is 29.2 Å². The van der Waals surface area contributed by atoms with Crippen LogP contribution in [0.1, 0.15) is 12.5 Å². The van der Waals surface area contributed by atoms with Gasteiger partial charge in [0.2, 0.25) is 5.91 Å². The summed E-state index contributed by atoms with van der Waals surface area (Å²) in [6, 6.07) is 13.3. The molecular weight excluding hydrogens is 288 g/mol. The number of nitrogens with zero attached hydrogens (tertiary/aromatic N) is 1. The van der Waals surface area contributed by atoms with E-state index in [2.05, 4.69) is 10.2 Å². The Kier molecular flexibility index (Phi) is 3.71. The molecule has 1 aliphatic rings. The van der Waals surface area contributed by atoms with E-state index < -0.39 is 0 Å². The molecule has 4 nitrogen and oxygen atoms in total. The minimum atomic E-state index is -0.0822. The molecule has 0 spiro atoms. The second-order valence-corrected chi connectivity index (χ2v) is 5.39. The minimum Gasteiger partial charge on any atom is -0.473 e. The van der Waals surface area contributed by atoms with E-state index in [1.807, 2.05) is 42.5 Å². The molecule has 0 aliphatic carbocycles. The molecule has 5 heteroatoms. The summed E-state index contributed by atoms with van der Waals surface area (Å²) in [5.41, 5.74) is 2.88. The Hall–Kier alpha value is -2.20. The molecule has 0 unspecified atom stereocenters. The fourth-order valence-electron chi connectivity index (χ4n) is 2.34. The molecule has 0 saturated heterocycles. The van der Waals surface area contributed by atoms with Gasteiger partial charge in [-0.25, -0.2) is 0 Å². The Labute approximate surface area is 128 Å². The van der Waals surface area contributed by atoms with Crippen molar-refractivity contribution in [1.29, 1.82) is 0 Å². The molecule has 0 bridgehead atoms. The highest BCUT2D eigenvalue weighted by atomic mass is 35.5. The molecule has 0 fully saturated rings. The van der Waals surface area contributed by atoms with Crippen molar-refractivity contribution in [2.75, 3.05) is 16.9 Å². The zero-order valence-electron chi connectivity index (χ0n) is 11.6. The number of nitrogens with one attached hydrogen (secondary N) is 1. The standard InChI is InChI=1S/C16H15ClN2O2/c1-11(20)18-14-4-7-16-12(8-14)9-19(10-21-16)15-5-2-13(17)3-6-15/h2-8H,9-10H2,1H3,(H,18,20). The van der Waals surface area contributed by atoms with Crippen molar-refractivity contribution in [3.8, 4) is 5.75 Å². The Morgan fingerprint density at radius 2 is 2.00 bits per heavy atom. The third-order valence-corrected chi connectivity index (χ3v) is 3.56. The predicted molar refractivity (Wildman–Crippen MR) is 83.9 cm³/mol. The maximum atomic E-state index is 11.1. The Balaban J connectivity index is 1.83. The average Bonchev–Trinajstić information content (AvgIpc) is 2.46. The molecule has 1 heterocycles. The number of ether oxygens (including phenoxy) is 1. The summed E-state index contributed by atoms with van der Waals surface area (Å²) in [4.78, 5) is 13.2. The number of halogens is 1. The van der Waals surface area contributed by atoms with Gasteiger partial charge in [-0.15, -0.1) is 0 Å². The highest BCUT2D eigenvalue weighted by Crippen LogP contribution is 2.30. The van der Waals surface area contributed by atoms with Gasteiger partial charge >= 0.3 is 0 Å². The van der Waals surface area contributed by atoms with Gasteiger partial charge in [0.1, 0.15) is 5.75 Å². The van der Waals surface area contributed by atoms with Gasteiger partial charge in [-0.05, 0) is 42.5 Å². The number of hydrogen-bond acceptors (Lipinski definition) is 3. The Bertz CT molecular complexity index is 670. The lowest BCUT2D eigenvalue weighted by Gasteiger charge is -2.31. The van der Waals surface area contributed by atoms with E-state index in [1.54, 1.807) is 0 Å². The Morgan fingerprint density at radius 3 is 2.71 bits per heavy atom. The smallest absolute Gasteiger partial charge is 0.221 e. The fourth-order valence-corrected chi connectivity index (χ4v) is 2.47. The summed E-state index contributed by atoms with van der Waals surface area (Å²) in [7, 11) is 0. The Morgan fingerprint density at radius 1 is 1.24 bits per heavy atom. The van der Waals surface area contributed by atoms with E-state index in [-0.39, 0.29) is 5.91 Å².